The summed E-state index contributed by atoms with van der Waals surface area (Å²) in [5.41, 5.74) is 0. The molecule has 4 rings (SSSR count). The predicted octanol–water partition coefficient (Wildman–Crippen LogP) is -0.0339. The molecular weight excluding hydrogens is 216 g/mol. The van der Waals surface area contributed by atoms with Crippen molar-refractivity contribution in [3.63, 3.8) is 0 Å². The molecule has 0 aromatic rings. The molecule has 2 heterocycles. The first-order valence-corrected chi connectivity index (χ1v) is 6.97. The van der Waals surface area contributed by atoms with E-state index in [1.807, 2.05) is 4.90 Å². The Morgan fingerprint density at radius 1 is 1.29 bits per heavy atom. The Hall–Kier alpha value is -0.610. The number of carbonyl (C=O) groups excluding carboxylic acids is 1. The van der Waals surface area contributed by atoms with Crippen LogP contribution >= 0.6 is 0 Å². The molecule has 0 radical (unpaired) electrons. The Balaban J connectivity index is 1.57. The number of hydrogen-bond acceptors (Lipinski definition) is 3. The van der Waals surface area contributed by atoms with E-state index in [-0.39, 0.29) is 24.1 Å². The Morgan fingerprint density at radius 3 is 2.88 bits per heavy atom. The third-order valence-electron chi connectivity index (χ3n) is 5.49. The fourth-order valence-electron chi connectivity index (χ4n) is 4.76. The molecule has 4 aliphatic rings. The lowest BCUT2D eigenvalue weighted by Gasteiger charge is -2.30. The second-order valence-corrected chi connectivity index (χ2v) is 6.28. The van der Waals surface area contributed by atoms with Crippen LogP contribution in [0.4, 0.5) is 0 Å². The third kappa shape index (κ3) is 1.28. The second kappa shape index (κ2) is 3.45. The van der Waals surface area contributed by atoms with Gasteiger partial charge in [0.2, 0.25) is 5.91 Å². The lowest BCUT2D eigenvalue weighted by Crippen LogP contribution is -2.49. The van der Waals surface area contributed by atoms with Crippen molar-refractivity contribution in [2.75, 3.05) is 13.1 Å². The Labute approximate surface area is 101 Å². The topological polar surface area (TPSA) is 52.6 Å². The summed E-state index contributed by atoms with van der Waals surface area (Å²) in [6.45, 7) is 1.87. The molecule has 4 nitrogen and oxygen atoms in total. The zero-order valence-electron chi connectivity index (χ0n) is 10.0. The average molecular weight is 236 g/mol. The van der Waals surface area contributed by atoms with Crippen molar-refractivity contribution in [3.05, 3.63) is 0 Å². The number of aliphatic hydroxyl groups is 1. The maximum atomic E-state index is 12.5. The minimum Gasteiger partial charge on any atom is -0.391 e. The molecule has 2 N–H and O–H groups in total. The van der Waals surface area contributed by atoms with E-state index in [0.29, 0.717) is 17.8 Å². The van der Waals surface area contributed by atoms with Crippen LogP contribution in [0.25, 0.3) is 0 Å². The van der Waals surface area contributed by atoms with Crippen molar-refractivity contribution in [3.8, 4) is 0 Å². The van der Waals surface area contributed by atoms with Gasteiger partial charge in [0.05, 0.1) is 18.2 Å². The highest BCUT2D eigenvalue weighted by Crippen LogP contribution is 2.55. The summed E-state index contributed by atoms with van der Waals surface area (Å²) in [5, 5.41) is 13.5. The van der Waals surface area contributed by atoms with Gasteiger partial charge in [-0.3, -0.25) is 4.79 Å². The summed E-state index contributed by atoms with van der Waals surface area (Å²) in [6, 6.07) is 0.174. The van der Waals surface area contributed by atoms with Gasteiger partial charge in [-0.25, -0.2) is 0 Å². The summed E-state index contributed by atoms with van der Waals surface area (Å²) in [5.74, 6) is 2.00. The highest BCUT2D eigenvalue weighted by molar-refractivity contribution is 5.83. The number of carbonyl (C=O) groups is 1. The van der Waals surface area contributed by atoms with E-state index in [1.165, 1.54) is 0 Å². The zero-order valence-corrected chi connectivity index (χ0v) is 10.0. The van der Waals surface area contributed by atoms with Crippen molar-refractivity contribution >= 4 is 5.91 Å². The van der Waals surface area contributed by atoms with Crippen molar-refractivity contribution in [1.82, 2.24) is 10.2 Å². The molecule has 5 unspecified atom stereocenters. The molecule has 0 aromatic carbocycles. The molecule has 1 amide bonds. The first kappa shape index (κ1) is 10.3. The van der Waals surface area contributed by atoms with E-state index in [9.17, 15) is 9.90 Å². The van der Waals surface area contributed by atoms with Crippen molar-refractivity contribution in [1.29, 1.82) is 0 Å². The number of amides is 1. The molecule has 2 saturated carbocycles. The highest BCUT2D eigenvalue weighted by Gasteiger charge is 2.60. The minimum absolute atomic E-state index is 0.0266. The van der Waals surface area contributed by atoms with E-state index in [1.54, 1.807) is 0 Å². The smallest absolute Gasteiger partial charge is 0.240 e. The van der Waals surface area contributed by atoms with Crippen LogP contribution in [-0.2, 0) is 4.79 Å². The van der Waals surface area contributed by atoms with Gasteiger partial charge < -0.3 is 15.3 Å². The van der Waals surface area contributed by atoms with Crippen LogP contribution in [0.2, 0.25) is 0 Å². The molecule has 2 saturated heterocycles. The standard InChI is InChI=1S/C13H20N2O2/c16-12-7-4-8-6-15(11(12)9(8)5-7)13(17)10-2-1-3-14-10/h7-12,14,16H,1-6H2/t7?,8?,9?,10-,11?,12?/m1/s1. The Kier molecular flexibility index (Phi) is 2.10. The van der Waals surface area contributed by atoms with Crippen LogP contribution in [0.15, 0.2) is 0 Å². The van der Waals surface area contributed by atoms with Gasteiger partial charge in [-0.15, -0.1) is 0 Å². The first-order valence-electron chi connectivity index (χ1n) is 6.97. The van der Waals surface area contributed by atoms with Gasteiger partial charge in [0.1, 0.15) is 0 Å². The van der Waals surface area contributed by atoms with Gasteiger partial charge >= 0.3 is 0 Å². The van der Waals surface area contributed by atoms with Crippen LogP contribution < -0.4 is 5.32 Å². The zero-order chi connectivity index (χ0) is 11.6. The van der Waals surface area contributed by atoms with Crippen LogP contribution in [0, 0.1) is 17.8 Å². The van der Waals surface area contributed by atoms with Gasteiger partial charge in [-0.05, 0) is 50.0 Å². The molecule has 4 fully saturated rings. The number of aliphatic hydroxyl groups excluding tert-OH is 1. The quantitative estimate of drug-likeness (QED) is 0.672. The molecule has 2 bridgehead atoms. The van der Waals surface area contributed by atoms with Crippen molar-refractivity contribution < 1.29 is 9.90 Å². The fraction of sp³-hybridized carbons (Fsp3) is 0.923. The van der Waals surface area contributed by atoms with Crippen LogP contribution in [0.3, 0.4) is 0 Å². The number of likely N-dealkylation sites (tertiary alicyclic amines) is 1. The Morgan fingerprint density at radius 2 is 2.18 bits per heavy atom. The van der Waals surface area contributed by atoms with Crippen LogP contribution in [-0.4, -0.2) is 47.2 Å². The van der Waals surface area contributed by atoms with E-state index < -0.39 is 0 Å². The maximum Gasteiger partial charge on any atom is 0.240 e. The number of nitrogens with zero attached hydrogens (tertiary/aromatic N) is 1. The van der Waals surface area contributed by atoms with Crippen LogP contribution in [0.1, 0.15) is 25.7 Å². The SMILES string of the molecule is O=C([C@H]1CCCN1)N1CC2CC3CC2C1C3O. The predicted molar refractivity (Wildman–Crippen MR) is 62.2 cm³/mol. The molecule has 0 aromatic heterocycles. The molecule has 17 heavy (non-hydrogen) atoms. The van der Waals surface area contributed by atoms with Gasteiger partial charge in [-0.2, -0.15) is 0 Å². The van der Waals surface area contributed by atoms with Gasteiger partial charge in [0.25, 0.3) is 0 Å². The highest BCUT2D eigenvalue weighted by atomic mass is 16.3. The van der Waals surface area contributed by atoms with E-state index in [2.05, 4.69) is 5.32 Å². The van der Waals surface area contributed by atoms with E-state index in [4.69, 9.17) is 0 Å². The largest absolute Gasteiger partial charge is 0.391 e. The first-order chi connectivity index (χ1) is 8.25. The van der Waals surface area contributed by atoms with Crippen LogP contribution in [0.5, 0.6) is 0 Å². The summed E-state index contributed by atoms with van der Waals surface area (Å²) in [4.78, 5) is 14.5. The molecule has 94 valence electrons. The van der Waals surface area contributed by atoms with Crippen molar-refractivity contribution in [2.24, 2.45) is 17.8 Å². The monoisotopic (exact) mass is 236 g/mol. The number of nitrogens with one attached hydrogen (secondary N) is 1. The molecule has 4 heteroatoms. The fourth-order valence-corrected chi connectivity index (χ4v) is 4.76. The molecule has 6 atom stereocenters. The van der Waals surface area contributed by atoms with Gasteiger partial charge in [-0.1, -0.05) is 0 Å². The number of rotatable bonds is 1. The molecule has 2 aliphatic heterocycles. The van der Waals surface area contributed by atoms with Gasteiger partial charge in [0.15, 0.2) is 0 Å². The summed E-state index contributed by atoms with van der Waals surface area (Å²) in [7, 11) is 0. The minimum atomic E-state index is -0.246. The number of fused-ring (bicyclic) bond motifs is 1. The van der Waals surface area contributed by atoms with Crippen molar-refractivity contribution in [2.45, 2.75) is 43.9 Å². The van der Waals surface area contributed by atoms with E-state index in [0.717, 1.165) is 38.8 Å². The Bertz CT molecular complexity index is 351. The summed E-state index contributed by atoms with van der Waals surface area (Å²) < 4.78 is 0. The lowest BCUT2D eigenvalue weighted by atomic mass is 9.88. The van der Waals surface area contributed by atoms with Gasteiger partial charge in [0, 0.05) is 6.54 Å². The number of hydrogen-bond donors (Lipinski definition) is 2. The third-order valence-corrected chi connectivity index (χ3v) is 5.49. The van der Waals surface area contributed by atoms with E-state index >= 15 is 0 Å². The lowest BCUT2D eigenvalue weighted by molar-refractivity contribution is -0.136. The second-order valence-electron chi connectivity index (χ2n) is 6.28. The molecule has 2 aliphatic carbocycles. The molecular formula is C13H20N2O2. The average Bonchev–Trinajstić information content (AvgIpc) is 3.02. The normalized spacial score (nSPS) is 51.5. The summed E-state index contributed by atoms with van der Waals surface area (Å²) >= 11 is 0. The molecule has 0 spiro atoms. The summed E-state index contributed by atoms with van der Waals surface area (Å²) in [6.07, 6.45) is 4.12. The maximum absolute atomic E-state index is 12.5.